The topological polar surface area (TPSA) is 42.7 Å². The van der Waals surface area contributed by atoms with Gasteiger partial charge in [-0.05, 0) is 51.9 Å². The number of hydrogen-bond acceptors (Lipinski definition) is 3. The molecule has 0 aromatic carbocycles. The first-order valence-corrected chi connectivity index (χ1v) is 7.74. The maximum Gasteiger partial charge on any atom is 0.0946 e. The maximum absolute atomic E-state index is 6.26. The van der Waals surface area contributed by atoms with Crippen molar-refractivity contribution in [3.8, 4) is 0 Å². The third-order valence-electron chi connectivity index (χ3n) is 2.80. The van der Waals surface area contributed by atoms with Crippen molar-refractivity contribution in [2.75, 3.05) is 7.05 Å². The monoisotopic (exact) mass is 406 g/mol. The molecule has 1 unspecified atom stereocenters. The highest BCUT2D eigenvalue weighted by molar-refractivity contribution is 9.11. The van der Waals surface area contributed by atoms with Crippen LogP contribution in [0.4, 0.5) is 0 Å². The molecule has 102 valence electrons. The molecule has 7 heteroatoms. The van der Waals surface area contributed by atoms with Gasteiger partial charge < -0.3 is 5.32 Å². The van der Waals surface area contributed by atoms with Gasteiger partial charge in [-0.2, -0.15) is 5.10 Å². The predicted molar refractivity (Wildman–Crippen MR) is 83.5 cm³/mol. The average molecular weight is 409 g/mol. The molecule has 1 atom stereocenters. The second kappa shape index (κ2) is 6.35. The van der Waals surface area contributed by atoms with Crippen LogP contribution in [0.5, 0.6) is 0 Å². The minimum atomic E-state index is -0.113. The third-order valence-corrected chi connectivity index (χ3v) is 4.16. The lowest BCUT2D eigenvalue weighted by molar-refractivity contribution is 0.554. The van der Waals surface area contributed by atoms with Crippen molar-refractivity contribution in [3.63, 3.8) is 0 Å². The summed E-state index contributed by atoms with van der Waals surface area (Å²) in [5.74, 6) is 0. The van der Waals surface area contributed by atoms with Crippen LogP contribution in [0.15, 0.2) is 27.4 Å². The van der Waals surface area contributed by atoms with Crippen molar-refractivity contribution in [1.29, 1.82) is 0 Å². The van der Waals surface area contributed by atoms with Crippen LogP contribution < -0.4 is 5.32 Å². The molecule has 0 bridgehead atoms. The lowest BCUT2D eigenvalue weighted by Gasteiger charge is -2.19. The Morgan fingerprint density at radius 3 is 2.74 bits per heavy atom. The molecule has 0 aliphatic rings. The van der Waals surface area contributed by atoms with E-state index in [0.717, 1.165) is 26.9 Å². The van der Waals surface area contributed by atoms with Crippen LogP contribution in [0.3, 0.4) is 0 Å². The van der Waals surface area contributed by atoms with Gasteiger partial charge in [0.1, 0.15) is 0 Å². The second-order valence-corrected chi connectivity index (χ2v) is 6.11. The molecular weight excluding hydrogens is 395 g/mol. The highest BCUT2D eigenvalue weighted by Gasteiger charge is 2.23. The van der Waals surface area contributed by atoms with Crippen LogP contribution in [0.1, 0.15) is 24.4 Å². The molecule has 2 rings (SSSR count). The normalized spacial score (nSPS) is 12.7. The summed E-state index contributed by atoms with van der Waals surface area (Å²) in [6.07, 6.45) is 3.43. The fraction of sp³-hybridized carbons (Fsp3) is 0.333. The number of nitrogens with one attached hydrogen (secondary N) is 1. The molecular formula is C12H13Br2ClN4. The van der Waals surface area contributed by atoms with E-state index in [1.807, 2.05) is 24.7 Å². The summed E-state index contributed by atoms with van der Waals surface area (Å²) in [4.78, 5) is 4.47. The molecule has 2 aromatic rings. The lowest BCUT2D eigenvalue weighted by Crippen LogP contribution is -2.23. The molecule has 0 radical (unpaired) electrons. The molecule has 0 spiro atoms. The third kappa shape index (κ3) is 3.02. The van der Waals surface area contributed by atoms with Gasteiger partial charge in [0.2, 0.25) is 0 Å². The van der Waals surface area contributed by atoms with E-state index in [0.29, 0.717) is 5.02 Å². The van der Waals surface area contributed by atoms with E-state index in [1.54, 1.807) is 12.4 Å². The average Bonchev–Trinajstić information content (AvgIpc) is 2.74. The van der Waals surface area contributed by atoms with E-state index in [9.17, 15) is 0 Å². The summed E-state index contributed by atoms with van der Waals surface area (Å²) >= 11 is 13.2. The van der Waals surface area contributed by atoms with E-state index in [-0.39, 0.29) is 6.04 Å². The standard InChI is InChI=1S/C12H13Br2ClN4/c1-3-19-12(9(15)6-18-19)11(16-2)10-8(14)4-7(13)5-17-10/h4-6,11,16H,3H2,1-2H3. The van der Waals surface area contributed by atoms with Crippen molar-refractivity contribution in [2.45, 2.75) is 19.5 Å². The number of aromatic nitrogens is 3. The van der Waals surface area contributed by atoms with Gasteiger partial charge in [-0.25, -0.2) is 0 Å². The second-order valence-electron chi connectivity index (χ2n) is 3.94. The zero-order valence-corrected chi connectivity index (χ0v) is 14.4. The number of halogens is 3. The molecule has 4 nitrogen and oxygen atoms in total. The lowest BCUT2D eigenvalue weighted by atomic mass is 10.1. The van der Waals surface area contributed by atoms with E-state index < -0.39 is 0 Å². The number of rotatable bonds is 4. The van der Waals surface area contributed by atoms with Gasteiger partial charge in [-0.1, -0.05) is 11.6 Å². The van der Waals surface area contributed by atoms with Gasteiger partial charge in [-0.3, -0.25) is 9.67 Å². The molecule has 0 amide bonds. The van der Waals surface area contributed by atoms with Crippen molar-refractivity contribution in [3.05, 3.63) is 43.8 Å². The first kappa shape index (κ1) is 15.0. The van der Waals surface area contributed by atoms with Crippen LogP contribution >= 0.6 is 43.5 Å². The molecule has 0 aliphatic carbocycles. The summed E-state index contributed by atoms with van der Waals surface area (Å²) in [7, 11) is 1.88. The molecule has 0 saturated carbocycles. The number of nitrogens with zero attached hydrogens (tertiary/aromatic N) is 3. The first-order chi connectivity index (χ1) is 9.08. The Morgan fingerprint density at radius 1 is 1.42 bits per heavy atom. The summed E-state index contributed by atoms with van der Waals surface area (Å²) < 4.78 is 3.72. The Morgan fingerprint density at radius 2 is 2.16 bits per heavy atom. The van der Waals surface area contributed by atoms with Crippen molar-refractivity contribution in [1.82, 2.24) is 20.1 Å². The fourth-order valence-electron chi connectivity index (χ4n) is 1.95. The van der Waals surface area contributed by atoms with E-state index in [2.05, 4.69) is 47.3 Å². The van der Waals surface area contributed by atoms with Gasteiger partial charge in [0.25, 0.3) is 0 Å². The molecule has 0 aliphatic heterocycles. The van der Waals surface area contributed by atoms with Crippen molar-refractivity contribution in [2.24, 2.45) is 0 Å². The SMILES string of the molecule is CCn1ncc(Cl)c1C(NC)c1ncc(Br)cc1Br. The summed E-state index contributed by atoms with van der Waals surface area (Å²) in [5.41, 5.74) is 1.80. The van der Waals surface area contributed by atoms with Crippen LogP contribution in [-0.2, 0) is 6.54 Å². The van der Waals surface area contributed by atoms with Crippen molar-refractivity contribution >= 4 is 43.5 Å². The van der Waals surface area contributed by atoms with Gasteiger partial charge in [-0.15, -0.1) is 0 Å². The van der Waals surface area contributed by atoms with E-state index in [1.165, 1.54) is 0 Å². The van der Waals surface area contributed by atoms with Crippen LogP contribution in [0.25, 0.3) is 0 Å². The largest absolute Gasteiger partial charge is 0.307 e. The van der Waals surface area contributed by atoms with E-state index in [4.69, 9.17) is 11.6 Å². The van der Waals surface area contributed by atoms with Crippen LogP contribution in [0.2, 0.25) is 5.02 Å². The van der Waals surface area contributed by atoms with Crippen molar-refractivity contribution < 1.29 is 0 Å². The molecule has 2 heterocycles. The summed E-state index contributed by atoms with van der Waals surface area (Å²) in [6.45, 7) is 2.79. The highest BCUT2D eigenvalue weighted by Crippen LogP contribution is 2.32. The number of pyridine rings is 1. The smallest absolute Gasteiger partial charge is 0.0946 e. The molecule has 0 fully saturated rings. The summed E-state index contributed by atoms with van der Waals surface area (Å²) in [6, 6.07) is 1.85. The van der Waals surface area contributed by atoms with Gasteiger partial charge >= 0.3 is 0 Å². The number of hydrogen-bond donors (Lipinski definition) is 1. The zero-order valence-electron chi connectivity index (χ0n) is 10.5. The molecule has 0 saturated heterocycles. The molecule has 1 N–H and O–H groups in total. The minimum absolute atomic E-state index is 0.113. The molecule has 19 heavy (non-hydrogen) atoms. The Balaban J connectivity index is 2.52. The zero-order chi connectivity index (χ0) is 14.0. The Labute approximate surface area is 133 Å². The fourth-order valence-corrected chi connectivity index (χ4v) is 3.42. The Kier molecular flexibility index (Phi) is 5.00. The Hall–Kier alpha value is -0.430. The van der Waals surface area contributed by atoms with E-state index >= 15 is 0 Å². The highest BCUT2D eigenvalue weighted by atomic mass is 79.9. The van der Waals surface area contributed by atoms with Gasteiger partial charge in [0.15, 0.2) is 0 Å². The minimum Gasteiger partial charge on any atom is -0.307 e. The van der Waals surface area contributed by atoms with Crippen LogP contribution in [0, 0.1) is 0 Å². The maximum atomic E-state index is 6.26. The van der Waals surface area contributed by atoms with Gasteiger partial charge in [0, 0.05) is 21.7 Å². The number of aryl methyl sites for hydroxylation is 1. The van der Waals surface area contributed by atoms with Gasteiger partial charge in [0.05, 0.1) is 28.6 Å². The first-order valence-electron chi connectivity index (χ1n) is 5.77. The van der Waals surface area contributed by atoms with Crippen LogP contribution in [-0.4, -0.2) is 21.8 Å². The molecule has 2 aromatic heterocycles. The summed E-state index contributed by atoms with van der Waals surface area (Å²) in [5, 5.41) is 8.15. The predicted octanol–water partition coefficient (Wildman–Crippen LogP) is 3.79. The quantitative estimate of drug-likeness (QED) is 0.837. The Bertz CT molecular complexity index is 585.